The molecule has 1 unspecified atom stereocenters. The third kappa shape index (κ3) is 4.16. The second-order valence-corrected chi connectivity index (χ2v) is 6.59. The average Bonchev–Trinajstić information content (AvgIpc) is 2.36. The maximum absolute atomic E-state index is 5.76. The van der Waals surface area contributed by atoms with Crippen molar-refractivity contribution in [3.8, 4) is 5.88 Å². The standard InChI is InChI=1S/C15H25N3O/c1-15(2,3)13-7-8-14(17-16-13)19-11-12-6-5-9-18(4)10-12/h7-8,12H,5-6,9-11H2,1-4H3. The number of hydrogen-bond donors (Lipinski definition) is 0. The molecule has 4 heteroatoms. The van der Waals surface area contributed by atoms with E-state index in [-0.39, 0.29) is 5.41 Å². The fourth-order valence-corrected chi connectivity index (χ4v) is 2.41. The van der Waals surface area contributed by atoms with E-state index in [9.17, 15) is 0 Å². The average molecular weight is 263 g/mol. The second kappa shape index (κ2) is 5.87. The Morgan fingerprint density at radius 3 is 2.68 bits per heavy atom. The summed E-state index contributed by atoms with van der Waals surface area (Å²) in [5, 5.41) is 8.41. The molecule has 1 fully saturated rings. The molecular formula is C15H25N3O. The predicted octanol–water partition coefficient (Wildman–Crippen LogP) is 2.49. The number of nitrogens with zero attached hydrogens (tertiary/aromatic N) is 3. The lowest BCUT2D eigenvalue weighted by Crippen LogP contribution is -2.34. The first-order valence-electron chi connectivity index (χ1n) is 7.11. The van der Waals surface area contributed by atoms with Gasteiger partial charge < -0.3 is 9.64 Å². The highest BCUT2D eigenvalue weighted by molar-refractivity contribution is 5.16. The topological polar surface area (TPSA) is 38.2 Å². The summed E-state index contributed by atoms with van der Waals surface area (Å²) >= 11 is 0. The number of hydrogen-bond acceptors (Lipinski definition) is 4. The molecule has 0 N–H and O–H groups in total. The zero-order chi connectivity index (χ0) is 13.9. The molecule has 0 saturated carbocycles. The Balaban J connectivity index is 1.86. The van der Waals surface area contributed by atoms with Gasteiger partial charge >= 0.3 is 0 Å². The lowest BCUT2D eigenvalue weighted by molar-refractivity contribution is 0.146. The highest BCUT2D eigenvalue weighted by atomic mass is 16.5. The lowest BCUT2D eigenvalue weighted by atomic mass is 9.92. The van der Waals surface area contributed by atoms with Crippen LogP contribution in [-0.4, -0.2) is 41.8 Å². The number of piperidine rings is 1. The molecule has 1 aliphatic heterocycles. The maximum Gasteiger partial charge on any atom is 0.233 e. The quantitative estimate of drug-likeness (QED) is 0.840. The molecule has 0 spiro atoms. The maximum atomic E-state index is 5.76. The van der Waals surface area contributed by atoms with Gasteiger partial charge in [-0.25, -0.2) is 0 Å². The van der Waals surface area contributed by atoms with Crippen molar-refractivity contribution in [2.45, 2.75) is 39.0 Å². The minimum atomic E-state index is 0.0393. The van der Waals surface area contributed by atoms with E-state index in [1.54, 1.807) is 0 Å². The van der Waals surface area contributed by atoms with Gasteiger partial charge in [-0.05, 0) is 32.5 Å². The molecule has 106 valence electrons. The van der Waals surface area contributed by atoms with Gasteiger partial charge in [0, 0.05) is 23.9 Å². The first kappa shape index (κ1) is 14.3. The molecule has 0 radical (unpaired) electrons. The van der Waals surface area contributed by atoms with Crippen LogP contribution in [0.15, 0.2) is 12.1 Å². The van der Waals surface area contributed by atoms with Gasteiger partial charge in [0.1, 0.15) is 0 Å². The van der Waals surface area contributed by atoms with Crippen LogP contribution in [0.5, 0.6) is 5.88 Å². The minimum Gasteiger partial charge on any atom is -0.476 e. The van der Waals surface area contributed by atoms with Crippen LogP contribution in [0, 0.1) is 5.92 Å². The van der Waals surface area contributed by atoms with Gasteiger partial charge in [0.25, 0.3) is 0 Å². The summed E-state index contributed by atoms with van der Waals surface area (Å²) < 4.78 is 5.76. The summed E-state index contributed by atoms with van der Waals surface area (Å²) in [6.07, 6.45) is 2.51. The summed E-state index contributed by atoms with van der Waals surface area (Å²) in [7, 11) is 2.17. The Bertz CT molecular complexity index is 397. The van der Waals surface area contributed by atoms with Crippen LogP contribution < -0.4 is 4.74 Å². The van der Waals surface area contributed by atoms with Crippen molar-refractivity contribution in [2.75, 3.05) is 26.7 Å². The number of rotatable bonds is 3. The molecular weight excluding hydrogens is 238 g/mol. The summed E-state index contributed by atoms with van der Waals surface area (Å²) in [5.74, 6) is 1.25. The normalized spacial score (nSPS) is 21.4. The molecule has 1 saturated heterocycles. The zero-order valence-electron chi connectivity index (χ0n) is 12.5. The fraction of sp³-hybridized carbons (Fsp3) is 0.733. The van der Waals surface area contributed by atoms with E-state index in [1.165, 1.54) is 19.4 Å². The smallest absolute Gasteiger partial charge is 0.233 e. The first-order chi connectivity index (χ1) is 8.95. The molecule has 2 rings (SSSR count). The van der Waals surface area contributed by atoms with Gasteiger partial charge in [0.2, 0.25) is 5.88 Å². The van der Waals surface area contributed by atoms with E-state index in [2.05, 4.69) is 42.9 Å². The number of aromatic nitrogens is 2. The molecule has 1 aromatic rings. The Kier molecular flexibility index (Phi) is 4.40. The molecule has 4 nitrogen and oxygen atoms in total. The highest BCUT2D eigenvalue weighted by Gasteiger charge is 2.19. The van der Waals surface area contributed by atoms with Crippen molar-refractivity contribution < 1.29 is 4.74 Å². The first-order valence-corrected chi connectivity index (χ1v) is 7.11. The Morgan fingerprint density at radius 2 is 2.11 bits per heavy atom. The highest BCUT2D eigenvalue weighted by Crippen LogP contribution is 2.21. The molecule has 2 heterocycles. The third-order valence-corrected chi connectivity index (χ3v) is 3.60. The van der Waals surface area contributed by atoms with E-state index < -0.39 is 0 Å². The van der Waals surface area contributed by atoms with Gasteiger partial charge in [0.05, 0.1) is 12.3 Å². The molecule has 1 aliphatic rings. The Morgan fingerprint density at radius 1 is 1.32 bits per heavy atom. The van der Waals surface area contributed by atoms with Crippen LogP contribution in [-0.2, 0) is 5.41 Å². The number of ether oxygens (including phenoxy) is 1. The SMILES string of the molecule is CN1CCCC(COc2ccc(C(C)(C)C)nn2)C1. The van der Waals surface area contributed by atoms with Crippen LogP contribution in [0.2, 0.25) is 0 Å². The summed E-state index contributed by atoms with van der Waals surface area (Å²) in [5.41, 5.74) is 1.04. The molecule has 0 amide bonds. The molecule has 0 aromatic carbocycles. The Hall–Kier alpha value is -1.16. The fourth-order valence-electron chi connectivity index (χ4n) is 2.41. The van der Waals surface area contributed by atoms with E-state index >= 15 is 0 Å². The largest absolute Gasteiger partial charge is 0.476 e. The zero-order valence-corrected chi connectivity index (χ0v) is 12.5. The predicted molar refractivity (Wildman–Crippen MR) is 76.4 cm³/mol. The van der Waals surface area contributed by atoms with Crippen molar-refractivity contribution in [3.63, 3.8) is 0 Å². The molecule has 0 aliphatic carbocycles. The van der Waals surface area contributed by atoms with Crippen LogP contribution >= 0.6 is 0 Å². The number of likely N-dealkylation sites (tertiary alicyclic amines) is 1. The van der Waals surface area contributed by atoms with Gasteiger partial charge in [-0.1, -0.05) is 20.8 Å². The van der Waals surface area contributed by atoms with E-state index in [0.717, 1.165) is 18.8 Å². The van der Waals surface area contributed by atoms with Crippen molar-refractivity contribution in [1.82, 2.24) is 15.1 Å². The third-order valence-electron chi connectivity index (χ3n) is 3.60. The van der Waals surface area contributed by atoms with Crippen LogP contribution in [0.1, 0.15) is 39.3 Å². The van der Waals surface area contributed by atoms with Gasteiger partial charge in [-0.3, -0.25) is 0 Å². The summed E-state index contributed by atoms with van der Waals surface area (Å²) in [6, 6.07) is 3.94. The van der Waals surface area contributed by atoms with Crippen molar-refractivity contribution in [2.24, 2.45) is 5.92 Å². The Labute approximate surface area is 116 Å². The molecule has 1 atom stereocenters. The van der Waals surface area contributed by atoms with Gasteiger partial charge in [0.15, 0.2) is 0 Å². The van der Waals surface area contributed by atoms with Crippen molar-refractivity contribution >= 4 is 0 Å². The minimum absolute atomic E-state index is 0.0393. The van der Waals surface area contributed by atoms with E-state index in [0.29, 0.717) is 11.8 Å². The van der Waals surface area contributed by atoms with Crippen molar-refractivity contribution in [3.05, 3.63) is 17.8 Å². The van der Waals surface area contributed by atoms with Crippen LogP contribution in [0.3, 0.4) is 0 Å². The molecule has 0 bridgehead atoms. The van der Waals surface area contributed by atoms with Crippen molar-refractivity contribution in [1.29, 1.82) is 0 Å². The summed E-state index contributed by atoms with van der Waals surface area (Å²) in [4.78, 5) is 2.37. The van der Waals surface area contributed by atoms with Crippen LogP contribution in [0.25, 0.3) is 0 Å². The second-order valence-electron chi connectivity index (χ2n) is 6.59. The van der Waals surface area contributed by atoms with Gasteiger partial charge in [-0.15, -0.1) is 5.10 Å². The molecule has 1 aromatic heterocycles. The van der Waals surface area contributed by atoms with Gasteiger partial charge in [-0.2, -0.15) is 5.10 Å². The van der Waals surface area contributed by atoms with Crippen LogP contribution in [0.4, 0.5) is 0 Å². The molecule has 19 heavy (non-hydrogen) atoms. The van der Waals surface area contributed by atoms with E-state index in [4.69, 9.17) is 4.74 Å². The van der Waals surface area contributed by atoms with E-state index in [1.807, 2.05) is 12.1 Å². The summed E-state index contributed by atoms with van der Waals surface area (Å²) in [6.45, 7) is 9.47. The lowest BCUT2D eigenvalue weighted by Gasteiger charge is -2.29. The monoisotopic (exact) mass is 263 g/mol.